The van der Waals surface area contributed by atoms with E-state index in [1.54, 1.807) is 0 Å². The lowest BCUT2D eigenvalue weighted by Crippen LogP contribution is -2.42. The van der Waals surface area contributed by atoms with Crippen molar-refractivity contribution in [3.05, 3.63) is 0 Å². The molecule has 1 amide bonds. The molecule has 5 nitrogen and oxygen atoms in total. The number of halogens is 1. The quantitative estimate of drug-likeness (QED) is 0.304. The minimum atomic E-state index is 0. The summed E-state index contributed by atoms with van der Waals surface area (Å²) in [4.78, 5) is 18.7. The van der Waals surface area contributed by atoms with Crippen LogP contribution in [0, 0.1) is 5.92 Å². The van der Waals surface area contributed by atoms with Gasteiger partial charge in [0.2, 0.25) is 5.91 Å². The number of likely N-dealkylation sites (tertiary alicyclic amines) is 1. The second-order valence-corrected chi connectivity index (χ2v) is 6.37. The lowest BCUT2D eigenvalue weighted by Gasteiger charge is -2.27. The normalized spacial score (nSPS) is 16.3. The second-order valence-electron chi connectivity index (χ2n) is 6.37. The molecule has 142 valence electrons. The van der Waals surface area contributed by atoms with Gasteiger partial charge in [0.15, 0.2) is 5.96 Å². The summed E-state index contributed by atoms with van der Waals surface area (Å²) in [5, 5.41) is 6.74. The summed E-state index contributed by atoms with van der Waals surface area (Å²) >= 11 is 0. The maximum absolute atomic E-state index is 11.9. The van der Waals surface area contributed by atoms with Gasteiger partial charge in [0.1, 0.15) is 0 Å². The van der Waals surface area contributed by atoms with Crippen LogP contribution in [0.4, 0.5) is 0 Å². The van der Waals surface area contributed by atoms with Gasteiger partial charge in [0.05, 0.1) is 0 Å². The molecule has 1 unspecified atom stereocenters. The third-order valence-corrected chi connectivity index (χ3v) is 4.80. The standard InChI is InChI=1S/C18H36N4O.HI/c1-5-15(6-2)14-21-18(19-8-4)20-12-11-16(7-3)22-13-9-10-17(22)23;/h15-16H,5-14H2,1-4H3,(H2,19,20,21);1H. The number of amides is 1. The smallest absolute Gasteiger partial charge is 0.222 e. The number of hydrogen-bond acceptors (Lipinski definition) is 2. The van der Waals surface area contributed by atoms with E-state index in [2.05, 4.69) is 43.2 Å². The SMILES string of the molecule is CCNC(=NCC(CC)CC)NCCC(CC)N1CCCC1=O.I. The molecule has 1 atom stereocenters. The van der Waals surface area contributed by atoms with Crippen molar-refractivity contribution in [2.24, 2.45) is 10.9 Å². The Morgan fingerprint density at radius 1 is 1.17 bits per heavy atom. The van der Waals surface area contributed by atoms with E-state index in [9.17, 15) is 4.79 Å². The van der Waals surface area contributed by atoms with Crippen molar-refractivity contribution in [3.8, 4) is 0 Å². The maximum Gasteiger partial charge on any atom is 0.222 e. The lowest BCUT2D eigenvalue weighted by atomic mass is 10.0. The van der Waals surface area contributed by atoms with E-state index in [0.717, 1.165) is 57.8 Å². The zero-order valence-corrected chi connectivity index (χ0v) is 18.3. The molecule has 0 aromatic rings. The van der Waals surface area contributed by atoms with Gasteiger partial charge in [-0.15, -0.1) is 24.0 Å². The number of guanidine groups is 1. The number of rotatable bonds is 10. The van der Waals surface area contributed by atoms with Crippen molar-refractivity contribution in [3.63, 3.8) is 0 Å². The van der Waals surface area contributed by atoms with Gasteiger partial charge in [-0.1, -0.05) is 33.6 Å². The van der Waals surface area contributed by atoms with Crippen molar-refractivity contribution < 1.29 is 4.79 Å². The van der Waals surface area contributed by atoms with Gasteiger partial charge >= 0.3 is 0 Å². The highest BCUT2D eigenvalue weighted by molar-refractivity contribution is 14.0. The van der Waals surface area contributed by atoms with E-state index in [0.29, 0.717) is 17.9 Å². The lowest BCUT2D eigenvalue weighted by molar-refractivity contribution is -0.129. The molecule has 0 aromatic carbocycles. The Hall–Kier alpha value is -0.530. The van der Waals surface area contributed by atoms with E-state index in [1.165, 1.54) is 12.8 Å². The van der Waals surface area contributed by atoms with Crippen LogP contribution in [0.5, 0.6) is 0 Å². The molecule has 1 aliphatic heterocycles. The molecule has 1 heterocycles. The zero-order chi connectivity index (χ0) is 17.1. The fourth-order valence-corrected chi connectivity index (χ4v) is 3.10. The molecule has 1 aliphatic rings. The van der Waals surface area contributed by atoms with Crippen LogP contribution in [-0.2, 0) is 4.79 Å². The first-order valence-corrected chi connectivity index (χ1v) is 9.47. The number of carbonyl (C=O) groups excluding carboxylic acids is 1. The molecule has 0 spiro atoms. The van der Waals surface area contributed by atoms with E-state index in [-0.39, 0.29) is 24.0 Å². The monoisotopic (exact) mass is 452 g/mol. The van der Waals surface area contributed by atoms with E-state index < -0.39 is 0 Å². The summed E-state index contributed by atoms with van der Waals surface area (Å²) in [6.07, 6.45) is 6.10. The van der Waals surface area contributed by atoms with Gasteiger partial charge in [-0.05, 0) is 32.1 Å². The van der Waals surface area contributed by atoms with Crippen molar-refractivity contribution in [2.75, 3.05) is 26.2 Å². The number of hydrogen-bond donors (Lipinski definition) is 2. The van der Waals surface area contributed by atoms with Gasteiger partial charge < -0.3 is 15.5 Å². The Morgan fingerprint density at radius 2 is 1.88 bits per heavy atom. The Balaban J connectivity index is 0.00000529. The maximum atomic E-state index is 11.9. The van der Waals surface area contributed by atoms with Crippen LogP contribution in [0.1, 0.15) is 66.2 Å². The molecule has 6 heteroatoms. The van der Waals surface area contributed by atoms with Gasteiger partial charge in [0.25, 0.3) is 0 Å². The highest BCUT2D eigenvalue weighted by Crippen LogP contribution is 2.17. The van der Waals surface area contributed by atoms with Gasteiger partial charge in [-0.3, -0.25) is 9.79 Å². The van der Waals surface area contributed by atoms with E-state index in [4.69, 9.17) is 4.99 Å². The molecule has 0 bridgehead atoms. The predicted octanol–water partition coefficient (Wildman–Crippen LogP) is 3.39. The zero-order valence-electron chi connectivity index (χ0n) is 15.9. The number of carbonyl (C=O) groups is 1. The van der Waals surface area contributed by atoms with E-state index in [1.807, 2.05) is 0 Å². The second kappa shape index (κ2) is 13.7. The first-order chi connectivity index (χ1) is 11.2. The van der Waals surface area contributed by atoms with Crippen LogP contribution < -0.4 is 10.6 Å². The first-order valence-electron chi connectivity index (χ1n) is 9.47. The van der Waals surface area contributed by atoms with Crippen LogP contribution in [0.25, 0.3) is 0 Å². The van der Waals surface area contributed by atoms with Crippen LogP contribution in [-0.4, -0.2) is 49.0 Å². The van der Waals surface area contributed by atoms with Crippen molar-refractivity contribution in [1.29, 1.82) is 0 Å². The summed E-state index contributed by atoms with van der Waals surface area (Å²) in [5.41, 5.74) is 0. The molecule has 0 radical (unpaired) electrons. The van der Waals surface area contributed by atoms with Crippen molar-refractivity contribution >= 4 is 35.8 Å². The van der Waals surface area contributed by atoms with Crippen LogP contribution in [0.15, 0.2) is 4.99 Å². The molecule has 0 aliphatic carbocycles. The van der Waals surface area contributed by atoms with Gasteiger partial charge in [0, 0.05) is 38.6 Å². The predicted molar refractivity (Wildman–Crippen MR) is 113 cm³/mol. The molecule has 1 fully saturated rings. The largest absolute Gasteiger partial charge is 0.357 e. The number of nitrogens with one attached hydrogen (secondary N) is 2. The molecule has 24 heavy (non-hydrogen) atoms. The Morgan fingerprint density at radius 3 is 2.38 bits per heavy atom. The highest BCUT2D eigenvalue weighted by Gasteiger charge is 2.26. The summed E-state index contributed by atoms with van der Waals surface area (Å²) in [6, 6.07) is 0.361. The Bertz CT molecular complexity index is 372. The number of nitrogens with zero attached hydrogens (tertiary/aromatic N) is 2. The minimum absolute atomic E-state index is 0. The third-order valence-electron chi connectivity index (χ3n) is 4.80. The fraction of sp³-hybridized carbons (Fsp3) is 0.889. The summed E-state index contributed by atoms with van der Waals surface area (Å²) in [7, 11) is 0. The minimum Gasteiger partial charge on any atom is -0.357 e. The van der Waals surface area contributed by atoms with Gasteiger partial charge in [-0.25, -0.2) is 0 Å². The number of aliphatic imine (C=N–C) groups is 1. The van der Waals surface area contributed by atoms with Crippen molar-refractivity contribution in [2.45, 2.75) is 72.3 Å². The summed E-state index contributed by atoms with van der Waals surface area (Å²) in [6.45, 7) is 12.2. The Kier molecular flexibility index (Phi) is 13.4. The summed E-state index contributed by atoms with van der Waals surface area (Å²) < 4.78 is 0. The van der Waals surface area contributed by atoms with Crippen LogP contribution in [0.2, 0.25) is 0 Å². The van der Waals surface area contributed by atoms with Crippen LogP contribution in [0.3, 0.4) is 0 Å². The third kappa shape index (κ3) is 8.03. The van der Waals surface area contributed by atoms with Crippen molar-refractivity contribution in [1.82, 2.24) is 15.5 Å². The average Bonchev–Trinajstić information content (AvgIpc) is 2.98. The molecule has 1 rings (SSSR count). The highest BCUT2D eigenvalue weighted by atomic mass is 127. The Labute approximate surface area is 165 Å². The average molecular weight is 452 g/mol. The van der Waals surface area contributed by atoms with E-state index >= 15 is 0 Å². The molecule has 0 saturated carbocycles. The molecule has 2 N–H and O–H groups in total. The first kappa shape index (κ1) is 23.5. The molecule has 0 aromatic heterocycles. The molecular formula is C18H37IN4O. The molecular weight excluding hydrogens is 415 g/mol. The topological polar surface area (TPSA) is 56.7 Å². The molecule has 1 saturated heterocycles. The van der Waals surface area contributed by atoms with Gasteiger partial charge in [-0.2, -0.15) is 0 Å². The summed E-state index contributed by atoms with van der Waals surface area (Å²) in [5.74, 6) is 1.89. The van der Waals surface area contributed by atoms with Crippen LogP contribution >= 0.6 is 24.0 Å². The fourth-order valence-electron chi connectivity index (χ4n) is 3.10.